The van der Waals surface area contributed by atoms with Gasteiger partial charge in [-0.15, -0.1) is 0 Å². The number of amides is 1. The number of carbonyl (C=O) groups is 1. The zero-order valence-corrected chi connectivity index (χ0v) is 7.40. The molecule has 3 nitrogen and oxygen atoms in total. The predicted molar refractivity (Wildman–Crippen MR) is 44.9 cm³/mol. The summed E-state index contributed by atoms with van der Waals surface area (Å²) < 4.78 is 0. The van der Waals surface area contributed by atoms with Gasteiger partial charge in [0.1, 0.15) is 0 Å². The number of piperidine rings is 1. The molecule has 0 aromatic heterocycles. The Hall–Kier alpha value is -0.280. The van der Waals surface area contributed by atoms with E-state index in [1.54, 1.807) is 11.9 Å². The molecule has 1 heterocycles. The van der Waals surface area contributed by atoms with E-state index in [1.165, 1.54) is 0 Å². The first-order valence-corrected chi connectivity index (χ1v) is 4.22. The number of nitrogens with one attached hydrogen (secondary N) is 1. The van der Waals surface area contributed by atoms with Crippen LogP contribution in [0.2, 0.25) is 0 Å². The summed E-state index contributed by atoms with van der Waals surface area (Å²) in [4.78, 5) is 12.3. The van der Waals surface area contributed by atoms with Crippen molar-refractivity contribution in [3.8, 4) is 0 Å². The lowest BCUT2D eigenvalue weighted by molar-refractivity contribution is 0.200. The van der Waals surface area contributed by atoms with Crippen LogP contribution in [-0.2, 0) is 0 Å². The predicted octanol–water partition coefficient (Wildman–Crippen LogP) is 1.03. The van der Waals surface area contributed by atoms with Gasteiger partial charge in [0.2, 0.25) is 0 Å². The number of likely N-dealkylation sites (N-methyl/N-ethyl adjacent to an activating group) is 1. The van der Waals surface area contributed by atoms with Gasteiger partial charge in [-0.3, -0.25) is 4.79 Å². The minimum absolute atomic E-state index is 0.286. The lowest BCUT2D eigenvalue weighted by atomic mass is 10.1. The van der Waals surface area contributed by atoms with Gasteiger partial charge >= 0.3 is 5.37 Å². The number of halogens is 1. The summed E-state index contributed by atoms with van der Waals surface area (Å²) in [5.74, 6) is 0. The van der Waals surface area contributed by atoms with Gasteiger partial charge < -0.3 is 10.2 Å². The van der Waals surface area contributed by atoms with Gasteiger partial charge in [-0.05, 0) is 31.0 Å². The molecule has 1 aliphatic rings. The van der Waals surface area contributed by atoms with Crippen molar-refractivity contribution < 1.29 is 4.79 Å². The van der Waals surface area contributed by atoms with E-state index in [-0.39, 0.29) is 11.4 Å². The second-order valence-electron chi connectivity index (χ2n) is 2.86. The highest BCUT2D eigenvalue weighted by Crippen LogP contribution is 2.09. The molecule has 64 valence electrons. The summed E-state index contributed by atoms with van der Waals surface area (Å²) in [5, 5.41) is 2.86. The molecule has 0 aliphatic carbocycles. The van der Waals surface area contributed by atoms with Crippen molar-refractivity contribution in [2.75, 3.05) is 20.1 Å². The number of hydrogen-bond donors (Lipinski definition) is 1. The van der Waals surface area contributed by atoms with Crippen LogP contribution in [0.5, 0.6) is 0 Å². The normalized spacial score (nSPS) is 24.7. The van der Waals surface area contributed by atoms with E-state index in [2.05, 4.69) is 5.32 Å². The fraction of sp³-hybridized carbons (Fsp3) is 0.857. The van der Waals surface area contributed by atoms with Gasteiger partial charge in [0, 0.05) is 19.6 Å². The molecular weight excluding hydrogens is 164 g/mol. The molecule has 0 radical (unpaired) electrons. The van der Waals surface area contributed by atoms with Crippen molar-refractivity contribution in [3.05, 3.63) is 0 Å². The average molecular weight is 177 g/mol. The minimum Gasteiger partial charge on any atom is -0.328 e. The van der Waals surface area contributed by atoms with Crippen LogP contribution in [0.3, 0.4) is 0 Å². The molecule has 1 unspecified atom stereocenters. The summed E-state index contributed by atoms with van der Waals surface area (Å²) in [6.07, 6.45) is 2.18. The quantitative estimate of drug-likeness (QED) is 0.478. The van der Waals surface area contributed by atoms with Gasteiger partial charge in [-0.1, -0.05) is 0 Å². The zero-order valence-electron chi connectivity index (χ0n) is 6.64. The van der Waals surface area contributed by atoms with E-state index >= 15 is 0 Å². The summed E-state index contributed by atoms with van der Waals surface area (Å²) in [6, 6.07) is 0.286. The van der Waals surface area contributed by atoms with Crippen molar-refractivity contribution in [2.45, 2.75) is 18.9 Å². The summed E-state index contributed by atoms with van der Waals surface area (Å²) in [6.45, 7) is 1.93. The molecule has 0 spiro atoms. The lowest BCUT2D eigenvalue weighted by Gasteiger charge is -2.29. The summed E-state index contributed by atoms with van der Waals surface area (Å²) >= 11 is 5.32. The van der Waals surface area contributed by atoms with E-state index in [4.69, 9.17) is 11.6 Å². The Bertz CT molecular complexity index is 145. The Morgan fingerprint density at radius 2 is 2.45 bits per heavy atom. The monoisotopic (exact) mass is 176 g/mol. The topological polar surface area (TPSA) is 32.3 Å². The van der Waals surface area contributed by atoms with Crippen molar-refractivity contribution in [2.24, 2.45) is 0 Å². The molecule has 1 rings (SSSR count). The number of nitrogens with zero attached hydrogens (tertiary/aromatic N) is 1. The third-order valence-electron chi connectivity index (χ3n) is 2.10. The average Bonchev–Trinajstić information content (AvgIpc) is 2.05. The number of carbonyl (C=O) groups excluding carboxylic acids is 1. The third kappa shape index (κ3) is 2.34. The molecule has 1 saturated heterocycles. The molecule has 1 fully saturated rings. The van der Waals surface area contributed by atoms with E-state index in [9.17, 15) is 4.79 Å². The van der Waals surface area contributed by atoms with Crippen molar-refractivity contribution >= 4 is 17.0 Å². The summed E-state index contributed by atoms with van der Waals surface area (Å²) in [5.41, 5.74) is 0. The van der Waals surface area contributed by atoms with Gasteiger partial charge in [0.15, 0.2) is 0 Å². The second-order valence-corrected chi connectivity index (χ2v) is 3.19. The highest BCUT2D eigenvalue weighted by atomic mass is 35.5. The molecule has 1 N–H and O–H groups in total. The van der Waals surface area contributed by atoms with Gasteiger partial charge in [0.05, 0.1) is 0 Å². The van der Waals surface area contributed by atoms with Crippen LogP contribution in [0.15, 0.2) is 0 Å². The Balaban J connectivity index is 2.38. The first kappa shape index (κ1) is 8.81. The van der Waals surface area contributed by atoms with E-state index in [0.717, 1.165) is 25.9 Å². The Morgan fingerprint density at radius 3 is 2.91 bits per heavy atom. The van der Waals surface area contributed by atoms with Crippen LogP contribution >= 0.6 is 11.6 Å². The first-order chi connectivity index (χ1) is 5.22. The van der Waals surface area contributed by atoms with Crippen LogP contribution in [0.4, 0.5) is 4.79 Å². The van der Waals surface area contributed by atoms with Crippen LogP contribution in [0.1, 0.15) is 12.8 Å². The van der Waals surface area contributed by atoms with Crippen molar-refractivity contribution in [3.63, 3.8) is 0 Å². The SMILES string of the molecule is CN(C(=O)Cl)C1CCCNC1. The highest BCUT2D eigenvalue weighted by Gasteiger charge is 2.19. The van der Waals surface area contributed by atoms with E-state index in [1.807, 2.05) is 0 Å². The van der Waals surface area contributed by atoms with Crippen LogP contribution in [0, 0.1) is 0 Å². The minimum atomic E-state index is -0.362. The molecule has 1 aliphatic heterocycles. The van der Waals surface area contributed by atoms with Crippen LogP contribution < -0.4 is 5.32 Å². The maximum absolute atomic E-state index is 10.7. The van der Waals surface area contributed by atoms with Gasteiger partial charge in [-0.25, -0.2) is 0 Å². The fourth-order valence-corrected chi connectivity index (χ4v) is 1.45. The molecule has 0 bridgehead atoms. The van der Waals surface area contributed by atoms with E-state index in [0.29, 0.717) is 0 Å². The van der Waals surface area contributed by atoms with Crippen molar-refractivity contribution in [1.29, 1.82) is 0 Å². The maximum atomic E-state index is 10.7. The third-order valence-corrected chi connectivity index (χ3v) is 2.36. The van der Waals surface area contributed by atoms with Crippen LogP contribution in [0.25, 0.3) is 0 Å². The Morgan fingerprint density at radius 1 is 1.73 bits per heavy atom. The Kier molecular flexibility index (Phi) is 3.15. The molecule has 1 amide bonds. The smallest absolute Gasteiger partial charge is 0.316 e. The largest absolute Gasteiger partial charge is 0.328 e. The Labute approximate surface area is 71.7 Å². The first-order valence-electron chi connectivity index (χ1n) is 3.85. The highest BCUT2D eigenvalue weighted by molar-refractivity contribution is 6.62. The molecule has 1 atom stereocenters. The number of rotatable bonds is 1. The standard InChI is InChI=1S/C7H13ClN2O/c1-10(7(8)11)6-3-2-4-9-5-6/h6,9H,2-5H2,1H3. The van der Waals surface area contributed by atoms with E-state index < -0.39 is 0 Å². The molecular formula is C7H13ClN2O. The summed E-state index contributed by atoms with van der Waals surface area (Å²) in [7, 11) is 1.74. The van der Waals surface area contributed by atoms with Crippen molar-refractivity contribution in [1.82, 2.24) is 10.2 Å². The zero-order chi connectivity index (χ0) is 8.27. The molecule has 11 heavy (non-hydrogen) atoms. The molecule has 0 aromatic rings. The lowest BCUT2D eigenvalue weighted by Crippen LogP contribution is -2.45. The fourth-order valence-electron chi connectivity index (χ4n) is 1.31. The second kappa shape index (κ2) is 3.93. The molecule has 0 aromatic carbocycles. The molecule has 0 saturated carbocycles. The number of hydrogen-bond acceptors (Lipinski definition) is 2. The van der Waals surface area contributed by atoms with Gasteiger partial charge in [-0.2, -0.15) is 0 Å². The maximum Gasteiger partial charge on any atom is 0.316 e. The van der Waals surface area contributed by atoms with Gasteiger partial charge in [0.25, 0.3) is 0 Å². The van der Waals surface area contributed by atoms with Crippen LogP contribution in [-0.4, -0.2) is 36.4 Å². The molecule has 4 heteroatoms.